The number of ether oxygens (including phenoxy) is 2. The van der Waals surface area contributed by atoms with Crippen LogP contribution in [0.2, 0.25) is 0 Å². The predicted octanol–water partition coefficient (Wildman–Crippen LogP) is 4.00. The number of nitrogens with zero attached hydrogens (tertiary/aromatic N) is 4. The van der Waals surface area contributed by atoms with Gasteiger partial charge in [-0.1, -0.05) is 23.9 Å². The number of aromatic nitrogens is 3. The minimum atomic E-state index is 0.146. The third kappa shape index (κ3) is 5.60. The largest absolute Gasteiger partial charge is 0.497 e. The van der Waals surface area contributed by atoms with E-state index in [0.717, 1.165) is 48.9 Å². The Balaban J connectivity index is 1.55. The van der Waals surface area contributed by atoms with Crippen molar-refractivity contribution in [2.45, 2.75) is 31.0 Å². The van der Waals surface area contributed by atoms with Crippen LogP contribution in [0.3, 0.4) is 0 Å². The second kappa shape index (κ2) is 11.1. The second-order valence-corrected chi connectivity index (χ2v) is 8.66. The lowest BCUT2D eigenvalue weighted by atomic mass is 10.1. The summed E-state index contributed by atoms with van der Waals surface area (Å²) >= 11 is 1.41. The van der Waals surface area contributed by atoms with Gasteiger partial charge >= 0.3 is 0 Å². The summed E-state index contributed by atoms with van der Waals surface area (Å²) in [7, 11) is 3.29. The fraction of sp³-hybridized carbons (Fsp3) is 0.375. The molecule has 3 aromatic rings. The molecule has 1 aromatic heterocycles. The van der Waals surface area contributed by atoms with Gasteiger partial charge in [0.2, 0.25) is 5.91 Å². The van der Waals surface area contributed by atoms with E-state index in [-0.39, 0.29) is 5.91 Å². The lowest BCUT2D eigenvalue weighted by Crippen LogP contribution is -2.36. The van der Waals surface area contributed by atoms with Gasteiger partial charge in [0.15, 0.2) is 11.0 Å². The molecule has 1 amide bonds. The maximum atomic E-state index is 12.7. The molecule has 0 radical (unpaired) electrons. The number of hydrogen-bond donors (Lipinski definition) is 1. The summed E-state index contributed by atoms with van der Waals surface area (Å²) in [6, 6.07) is 15.5. The van der Waals surface area contributed by atoms with E-state index in [4.69, 9.17) is 9.47 Å². The number of methoxy groups -OCH3 is 2. The molecule has 0 bridgehead atoms. The molecular formula is C24H29N5O3S. The van der Waals surface area contributed by atoms with Crippen molar-refractivity contribution >= 4 is 23.4 Å². The van der Waals surface area contributed by atoms with Crippen LogP contribution in [0.5, 0.6) is 11.5 Å². The number of carbonyl (C=O) groups is 1. The number of benzene rings is 2. The van der Waals surface area contributed by atoms with E-state index in [1.54, 1.807) is 14.2 Å². The lowest BCUT2D eigenvalue weighted by Gasteiger charge is -2.26. The zero-order valence-corrected chi connectivity index (χ0v) is 19.8. The molecule has 33 heavy (non-hydrogen) atoms. The van der Waals surface area contributed by atoms with E-state index in [9.17, 15) is 4.79 Å². The molecule has 0 spiro atoms. The monoisotopic (exact) mass is 467 g/mol. The molecule has 4 rings (SSSR count). The number of nitrogens with one attached hydrogen (secondary N) is 1. The zero-order valence-electron chi connectivity index (χ0n) is 19.0. The highest BCUT2D eigenvalue weighted by molar-refractivity contribution is 7.99. The standard InChI is InChI=1S/C24H29N5O3S/c1-31-19-12-10-18(11-13-19)25-16-22-26-27-24(29(22)20-8-4-5-9-21(20)32-2)33-17-23(30)28-14-6-3-7-15-28/h4-5,8-13,25H,3,6-7,14-17H2,1-2H3. The van der Waals surface area contributed by atoms with Gasteiger partial charge in [-0.3, -0.25) is 9.36 Å². The first kappa shape index (κ1) is 23.0. The van der Waals surface area contributed by atoms with Crippen LogP contribution in [0.25, 0.3) is 5.69 Å². The van der Waals surface area contributed by atoms with Gasteiger partial charge in [-0.05, 0) is 55.7 Å². The molecule has 9 heteroatoms. The van der Waals surface area contributed by atoms with E-state index in [1.165, 1.54) is 18.2 Å². The van der Waals surface area contributed by atoms with Crippen molar-refractivity contribution in [3.05, 3.63) is 54.4 Å². The first-order chi connectivity index (χ1) is 16.2. The van der Waals surface area contributed by atoms with Gasteiger partial charge in [-0.15, -0.1) is 10.2 Å². The van der Waals surface area contributed by atoms with Crippen LogP contribution in [0.15, 0.2) is 53.7 Å². The van der Waals surface area contributed by atoms with Gasteiger partial charge in [0.1, 0.15) is 11.5 Å². The van der Waals surface area contributed by atoms with Crippen LogP contribution in [-0.2, 0) is 11.3 Å². The summed E-state index contributed by atoms with van der Waals surface area (Å²) in [5.41, 5.74) is 1.78. The first-order valence-electron chi connectivity index (χ1n) is 11.1. The number of anilines is 1. The molecule has 1 fully saturated rings. The topological polar surface area (TPSA) is 81.5 Å². The van der Waals surface area contributed by atoms with Gasteiger partial charge in [0.25, 0.3) is 0 Å². The van der Waals surface area contributed by atoms with E-state index >= 15 is 0 Å². The Hall–Kier alpha value is -3.20. The zero-order chi connectivity index (χ0) is 23.0. The Morgan fingerprint density at radius 1 is 1.00 bits per heavy atom. The molecule has 1 saturated heterocycles. The van der Waals surface area contributed by atoms with Crippen LogP contribution in [-0.4, -0.2) is 58.6 Å². The number of piperidine rings is 1. The smallest absolute Gasteiger partial charge is 0.233 e. The highest BCUT2D eigenvalue weighted by Gasteiger charge is 2.21. The van der Waals surface area contributed by atoms with Gasteiger partial charge in [-0.25, -0.2) is 0 Å². The molecule has 2 heterocycles. The summed E-state index contributed by atoms with van der Waals surface area (Å²) < 4.78 is 12.8. The molecule has 8 nitrogen and oxygen atoms in total. The van der Waals surface area contributed by atoms with Crippen LogP contribution in [0, 0.1) is 0 Å². The van der Waals surface area contributed by atoms with Crippen LogP contribution >= 0.6 is 11.8 Å². The quantitative estimate of drug-likeness (QED) is 0.476. The summed E-state index contributed by atoms with van der Waals surface area (Å²) in [4.78, 5) is 14.7. The average molecular weight is 468 g/mol. The number of likely N-dealkylation sites (tertiary alicyclic amines) is 1. The highest BCUT2D eigenvalue weighted by Crippen LogP contribution is 2.29. The fourth-order valence-electron chi connectivity index (χ4n) is 3.82. The van der Waals surface area contributed by atoms with Crippen molar-refractivity contribution in [2.75, 3.05) is 38.4 Å². The van der Waals surface area contributed by atoms with Gasteiger partial charge in [0, 0.05) is 18.8 Å². The number of amides is 1. The summed E-state index contributed by atoms with van der Waals surface area (Å²) in [5, 5.41) is 12.9. The third-order valence-electron chi connectivity index (χ3n) is 5.60. The second-order valence-electron chi connectivity index (χ2n) is 7.72. The molecule has 174 valence electrons. The van der Waals surface area contributed by atoms with E-state index in [0.29, 0.717) is 23.2 Å². The molecular weight excluding hydrogens is 438 g/mol. The third-order valence-corrected chi connectivity index (χ3v) is 6.51. The van der Waals surface area contributed by atoms with Gasteiger partial charge < -0.3 is 19.7 Å². The van der Waals surface area contributed by atoms with Crippen molar-refractivity contribution in [1.82, 2.24) is 19.7 Å². The Bertz CT molecular complexity index is 1060. The summed E-state index contributed by atoms with van der Waals surface area (Å²) in [6.07, 6.45) is 3.35. The van der Waals surface area contributed by atoms with E-state index in [1.807, 2.05) is 58.0 Å². The van der Waals surface area contributed by atoms with Crippen molar-refractivity contribution in [1.29, 1.82) is 0 Å². The van der Waals surface area contributed by atoms with E-state index < -0.39 is 0 Å². The lowest BCUT2D eigenvalue weighted by molar-refractivity contribution is -0.129. The predicted molar refractivity (Wildman–Crippen MR) is 129 cm³/mol. The van der Waals surface area contributed by atoms with Crippen LogP contribution in [0.1, 0.15) is 25.1 Å². The van der Waals surface area contributed by atoms with E-state index in [2.05, 4.69) is 15.5 Å². The molecule has 1 aliphatic heterocycles. The molecule has 1 N–H and O–H groups in total. The van der Waals surface area contributed by atoms with Gasteiger partial charge in [-0.2, -0.15) is 0 Å². The number of para-hydroxylation sites is 2. The minimum absolute atomic E-state index is 0.146. The average Bonchev–Trinajstić information content (AvgIpc) is 3.29. The SMILES string of the molecule is COc1ccc(NCc2nnc(SCC(=O)N3CCCCC3)n2-c2ccccc2OC)cc1. The van der Waals surface area contributed by atoms with Crippen LogP contribution in [0.4, 0.5) is 5.69 Å². The number of hydrogen-bond acceptors (Lipinski definition) is 7. The highest BCUT2D eigenvalue weighted by atomic mass is 32.2. The first-order valence-corrected chi connectivity index (χ1v) is 12.0. The van der Waals surface area contributed by atoms with Crippen molar-refractivity contribution < 1.29 is 14.3 Å². The molecule has 0 aliphatic carbocycles. The molecule has 0 atom stereocenters. The number of thioether (sulfide) groups is 1. The van der Waals surface area contributed by atoms with Crippen molar-refractivity contribution in [3.8, 4) is 17.2 Å². The fourth-order valence-corrected chi connectivity index (χ4v) is 4.68. The van der Waals surface area contributed by atoms with Crippen molar-refractivity contribution in [2.24, 2.45) is 0 Å². The Kier molecular flexibility index (Phi) is 7.72. The molecule has 1 aliphatic rings. The Morgan fingerprint density at radius 3 is 2.48 bits per heavy atom. The Morgan fingerprint density at radius 2 is 1.76 bits per heavy atom. The number of carbonyl (C=O) groups excluding carboxylic acids is 1. The number of rotatable bonds is 9. The maximum Gasteiger partial charge on any atom is 0.233 e. The summed E-state index contributed by atoms with van der Waals surface area (Å²) in [6.45, 7) is 2.14. The van der Waals surface area contributed by atoms with Crippen LogP contribution < -0.4 is 14.8 Å². The molecule has 0 unspecified atom stereocenters. The summed E-state index contributed by atoms with van der Waals surface area (Å²) in [5.74, 6) is 2.72. The Labute approximate surface area is 198 Å². The minimum Gasteiger partial charge on any atom is -0.497 e. The maximum absolute atomic E-state index is 12.7. The molecule has 0 saturated carbocycles. The molecule has 2 aromatic carbocycles. The normalized spacial score (nSPS) is 13.6. The van der Waals surface area contributed by atoms with Crippen molar-refractivity contribution in [3.63, 3.8) is 0 Å². The van der Waals surface area contributed by atoms with Gasteiger partial charge in [0.05, 0.1) is 32.2 Å².